The van der Waals surface area contributed by atoms with E-state index in [0.717, 1.165) is 15.6 Å². The Balaban J connectivity index is 1.60. The van der Waals surface area contributed by atoms with E-state index in [1.807, 2.05) is 24.3 Å². The zero-order chi connectivity index (χ0) is 22.4. The van der Waals surface area contributed by atoms with E-state index in [1.165, 1.54) is 0 Å². The van der Waals surface area contributed by atoms with Gasteiger partial charge in [0.05, 0.1) is 12.6 Å². The van der Waals surface area contributed by atoms with Gasteiger partial charge in [0.1, 0.15) is 0 Å². The summed E-state index contributed by atoms with van der Waals surface area (Å²) < 4.78 is 0.825. The Hall–Kier alpha value is -2.91. The summed E-state index contributed by atoms with van der Waals surface area (Å²) in [6.07, 6.45) is -2.68. The Kier molecular flexibility index (Phi) is 7.64. The van der Waals surface area contributed by atoms with E-state index < -0.39 is 30.1 Å². The van der Waals surface area contributed by atoms with Crippen LogP contribution in [-0.4, -0.2) is 46.8 Å². The fourth-order valence-electron chi connectivity index (χ4n) is 3.54. The van der Waals surface area contributed by atoms with Crippen LogP contribution in [0.2, 0.25) is 0 Å². The number of carbonyl (C=O) groups is 2. The maximum atomic E-state index is 12.5. The van der Waals surface area contributed by atoms with Gasteiger partial charge in [0.15, 0.2) is 12.2 Å². The molecule has 162 valence electrons. The SMILES string of the molecule is [N-]=[N+]=NC[C@H](NC(=O)[C@H](O)[C@@H](O)C(=O)NC1Cc2ccccc2C1)c1ccc(Br)cc1. The Morgan fingerprint density at radius 3 is 2.23 bits per heavy atom. The lowest BCUT2D eigenvalue weighted by molar-refractivity contribution is -0.146. The third kappa shape index (κ3) is 5.83. The van der Waals surface area contributed by atoms with Crippen LogP contribution in [0.3, 0.4) is 0 Å². The molecule has 9 nitrogen and oxygen atoms in total. The summed E-state index contributed by atoms with van der Waals surface area (Å²) in [6.45, 7) is -0.0980. The van der Waals surface area contributed by atoms with Gasteiger partial charge in [-0.05, 0) is 47.2 Å². The molecule has 2 aromatic carbocycles. The summed E-state index contributed by atoms with van der Waals surface area (Å²) in [5.41, 5.74) is 11.5. The van der Waals surface area contributed by atoms with Gasteiger partial charge in [-0.1, -0.05) is 57.4 Å². The van der Waals surface area contributed by atoms with Crippen molar-refractivity contribution < 1.29 is 19.8 Å². The number of benzene rings is 2. The van der Waals surface area contributed by atoms with Gasteiger partial charge in [0.25, 0.3) is 11.8 Å². The highest BCUT2D eigenvalue weighted by molar-refractivity contribution is 9.10. The molecule has 0 saturated carbocycles. The molecule has 0 heterocycles. The zero-order valence-electron chi connectivity index (χ0n) is 16.5. The molecule has 0 aliphatic heterocycles. The first kappa shape index (κ1) is 22.8. The minimum Gasteiger partial charge on any atom is -0.380 e. The Bertz CT molecular complexity index is 969. The third-order valence-electron chi connectivity index (χ3n) is 5.15. The molecule has 0 saturated heterocycles. The van der Waals surface area contributed by atoms with E-state index in [4.69, 9.17) is 5.53 Å². The molecule has 3 atom stereocenters. The van der Waals surface area contributed by atoms with Crippen molar-refractivity contribution >= 4 is 27.7 Å². The number of nitrogens with zero attached hydrogens (tertiary/aromatic N) is 3. The minimum absolute atomic E-state index is 0.0980. The Morgan fingerprint density at radius 2 is 1.65 bits per heavy atom. The summed E-state index contributed by atoms with van der Waals surface area (Å²) in [5, 5.41) is 29.1. The third-order valence-corrected chi connectivity index (χ3v) is 5.68. The maximum absolute atomic E-state index is 12.5. The molecule has 0 aromatic heterocycles. The fourth-order valence-corrected chi connectivity index (χ4v) is 3.80. The van der Waals surface area contributed by atoms with Crippen LogP contribution in [0.1, 0.15) is 22.7 Å². The number of amides is 2. The lowest BCUT2D eigenvalue weighted by Crippen LogP contribution is -2.52. The topological polar surface area (TPSA) is 147 Å². The Labute approximate surface area is 187 Å². The molecule has 2 amide bonds. The van der Waals surface area contributed by atoms with Gasteiger partial charge in [0.2, 0.25) is 0 Å². The highest BCUT2D eigenvalue weighted by atomic mass is 79.9. The molecule has 1 aliphatic carbocycles. The molecule has 0 radical (unpaired) electrons. The van der Waals surface area contributed by atoms with Crippen LogP contribution in [0.4, 0.5) is 0 Å². The average molecular weight is 488 g/mol. The molecule has 3 rings (SSSR count). The van der Waals surface area contributed by atoms with Crippen LogP contribution in [0, 0.1) is 0 Å². The van der Waals surface area contributed by atoms with Gasteiger partial charge in [-0.3, -0.25) is 9.59 Å². The average Bonchev–Trinajstić information content (AvgIpc) is 3.18. The minimum atomic E-state index is -1.98. The van der Waals surface area contributed by atoms with E-state index in [0.29, 0.717) is 18.4 Å². The van der Waals surface area contributed by atoms with Crippen molar-refractivity contribution in [3.8, 4) is 0 Å². The summed E-state index contributed by atoms with van der Waals surface area (Å²) in [4.78, 5) is 27.6. The summed E-state index contributed by atoms with van der Waals surface area (Å²) >= 11 is 3.31. The fraction of sp³-hybridized carbons (Fsp3) is 0.333. The second-order valence-electron chi connectivity index (χ2n) is 7.30. The van der Waals surface area contributed by atoms with Crippen molar-refractivity contribution in [2.75, 3.05) is 6.54 Å². The normalized spacial score (nSPS) is 15.8. The molecule has 4 N–H and O–H groups in total. The number of hydrogen-bond acceptors (Lipinski definition) is 5. The molecule has 0 spiro atoms. The van der Waals surface area contributed by atoms with Crippen LogP contribution in [0.25, 0.3) is 10.4 Å². The smallest absolute Gasteiger partial charge is 0.252 e. The molecule has 1 aliphatic rings. The summed E-state index contributed by atoms with van der Waals surface area (Å²) in [6, 6.07) is 13.8. The quantitative estimate of drug-likeness (QED) is 0.255. The predicted octanol–water partition coefficient (Wildman–Crippen LogP) is 1.92. The lowest BCUT2D eigenvalue weighted by atomic mass is 10.1. The number of halogens is 1. The number of azide groups is 1. The van der Waals surface area contributed by atoms with Gasteiger partial charge in [0, 0.05) is 15.4 Å². The number of fused-ring (bicyclic) bond motifs is 1. The van der Waals surface area contributed by atoms with Crippen molar-refractivity contribution in [3.63, 3.8) is 0 Å². The number of carbonyl (C=O) groups excluding carboxylic acids is 2. The lowest BCUT2D eigenvalue weighted by Gasteiger charge is -2.23. The van der Waals surface area contributed by atoms with Gasteiger partial charge >= 0.3 is 0 Å². The molecule has 0 fully saturated rings. The van der Waals surface area contributed by atoms with Crippen molar-refractivity contribution in [2.24, 2.45) is 5.11 Å². The number of aliphatic hydroxyl groups excluding tert-OH is 2. The summed E-state index contributed by atoms with van der Waals surface area (Å²) in [7, 11) is 0. The van der Waals surface area contributed by atoms with Crippen LogP contribution in [0.15, 0.2) is 58.1 Å². The van der Waals surface area contributed by atoms with Gasteiger partial charge < -0.3 is 20.8 Å². The molecule has 31 heavy (non-hydrogen) atoms. The zero-order valence-corrected chi connectivity index (χ0v) is 18.1. The molecule has 10 heteroatoms. The number of rotatable bonds is 8. The largest absolute Gasteiger partial charge is 0.380 e. The van der Waals surface area contributed by atoms with Crippen molar-refractivity contribution in [2.45, 2.75) is 37.1 Å². The van der Waals surface area contributed by atoms with Crippen molar-refractivity contribution in [1.82, 2.24) is 10.6 Å². The molecule has 0 bridgehead atoms. The van der Waals surface area contributed by atoms with Crippen LogP contribution >= 0.6 is 15.9 Å². The highest BCUT2D eigenvalue weighted by Gasteiger charge is 2.33. The van der Waals surface area contributed by atoms with Crippen LogP contribution in [-0.2, 0) is 22.4 Å². The first-order valence-electron chi connectivity index (χ1n) is 9.69. The summed E-state index contributed by atoms with van der Waals surface area (Å²) in [5.74, 6) is -1.77. The van der Waals surface area contributed by atoms with E-state index in [9.17, 15) is 19.8 Å². The predicted molar refractivity (Wildman–Crippen MR) is 117 cm³/mol. The van der Waals surface area contributed by atoms with Crippen molar-refractivity contribution in [1.29, 1.82) is 0 Å². The molecule has 2 aromatic rings. The maximum Gasteiger partial charge on any atom is 0.252 e. The standard InChI is InChI=1S/C21H22BrN5O4/c22-15-7-5-12(6-8-15)17(11-24-27-23)26-21(31)19(29)18(28)20(30)25-16-9-13-3-1-2-4-14(13)10-16/h1-8,16-19,28-29H,9-11H2,(H,25,30)(H,26,31)/t17-,18+,19+/m0/s1. The van der Waals surface area contributed by atoms with E-state index in [1.54, 1.807) is 24.3 Å². The monoisotopic (exact) mass is 487 g/mol. The van der Waals surface area contributed by atoms with Crippen LogP contribution in [0.5, 0.6) is 0 Å². The molecule has 0 unspecified atom stereocenters. The first-order chi connectivity index (χ1) is 14.9. The highest BCUT2D eigenvalue weighted by Crippen LogP contribution is 2.22. The van der Waals surface area contributed by atoms with E-state index in [2.05, 4.69) is 36.6 Å². The Morgan fingerprint density at radius 1 is 1.06 bits per heavy atom. The second kappa shape index (κ2) is 10.4. The molecular weight excluding hydrogens is 466 g/mol. The van der Waals surface area contributed by atoms with Crippen molar-refractivity contribution in [3.05, 3.63) is 80.1 Å². The van der Waals surface area contributed by atoms with Gasteiger partial charge in [-0.2, -0.15) is 0 Å². The van der Waals surface area contributed by atoms with E-state index >= 15 is 0 Å². The first-order valence-corrected chi connectivity index (χ1v) is 10.5. The van der Waals surface area contributed by atoms with Gasteiger partial charge in [-0.25, -0.2) is 0 Å². The number of aliphatic hydroxyl groups is 2. The van der Waals surface area contributed by atoms with Gasteiger partial charge in [-0.15, -0.1) is 0 Å². The second-order valence-corrected chi connectivity index (χ2v) is 8.21. The number of hydrogen-bond donors (Lipinski definition) is 4. The van der Waals surface area contributed by atoms with Crippen LogP contribution < -0.4 is 10.6 Å². The van der Waals surface area contributed by atoms with E-state index in [-0.39, 0.29) is 12.6 Å². The number of nitrogens with one attached hydrogen (secondary N) is 2. The molecular formula is C21H22BrN5O4.